The Labute approximate surface area is 192 Å². The van der Waals surface area contributed by atoms with E-state index in [-0.39, 0.29) is 24.2 Å². The first-order valence-electron chi connectivity index (χ1n) is 10.8. The van der Waals surface area contributed by atoms with Gasteiger partial charge in [0.15, 0.2) is 5.13 Å². The van der Waals surface area contributed by atoms with Gasteiger partial charge in [0.25, 0.3) is 5.91 Å². The van der Waals surface area contributed by atoms with E-state index in [4.69, 9.17) is 0 Å². The summed E-state index contributed by atoms with van der Waals surface area (Å²) in [6.07, 6.45) is 6.67. The van der Waals surface area contributed by atoms with Gasteiger partial charge < -0.3 is 15.1 Å². The summed E-state index contributed by atoms with van der Waals surface area (Å²) in [4.78, 5) is 29.0. The average Bonchev–Trinajstić information content (AvgIpc) is 3.44. The van der Waals surface area contributed by atoms with Gasteiger partial charge in [-0.1, -0.05) is 33.5 Å². The van der Waals surface area contributed by atoms with E-state index >= 15 is 0 Å². The molecule has 3 rings (SSSR count). The van der Waals surface area contributed by atoms with Gasteiger partial charge in [-0.25, -0.2) is 9.37 Å². The molecule has 0 aliphatic heterocycles. The second kappa shape index (κ2) is 11.1. The van der Waals surface area contributed by atoms with Crippen LogP contribution in [0.1, 0.15) is 48.2 Å². The average molecular weight is 453 g/mol. The molecule has 3 aromatic rings. The number of carbonyl (C=O) groups is 2. The van der Waals surface area contributed by atoms with Crippen LogP contribution in [0.25, 0.3) is 11.3 Å². The molecule has 0 saturated heterocycles. The summed E-state index contributed by atoms with van der Waals surface area (Å²) >= 11 is 1.30. The van der Waals surface area contributed by atoms with Gasteiger partial charge in [-0.15, -0.1) is 11.3 Å². The molecule has 1 radical (unpaired) electrons. The van der Waals surface area contributed by atoms with Crippen LogP contribution in [0.2, 0.25) is 6.82 Å². The lowest BCUT2D eigenvalue weighted by atomic mass is 9.93. The SMILES string of the molecule is C[B]n1ccc(C(=O)NCC(=O)Nc2nc(-c3ccc(F)c(CCC)c3CCC)cs2)c1. The maximum atomic E-state index is 14.4. The minimum absolute atomic E-state index is 0.160. The second-order valence-corrected chi connectivity index (χ2v) is 8.28. The summed E-state index contributed by atoms with van der Waals surface area (Å²) < 4.78 is 16.2. The summed E-state index contributed by atoms with van der Waals surface area (Å²) in [7, 11) is 1.82. The molecule has 0 fully saturated rings. The standard InChI is InChI=1S/C23H27BFN4O2S/c1-4-6-16-17(7-5-2)19(25)9-8-18(16)20-14-32-23(27-20)28-21(30)12-26-22(31)15-10-11-29(13-15)24-3/h8-11,13-14H,4-7,12H2,1-3H3,(H,26,31)(H,27,28,30). The quantitative estimate of drug-likeness (QED) is 0.443. The number of rotatable bonds is 10. The normalized spacial score (nSPS) is 10.8. The van der Waals surface area contributed by atoms with Gasteiger partial charge in [-0.05, 0) is 48.4 Å². The monoisotopic (exact) mass is 453 g/mol. The Morgan fingerprint density at radius 1 is 1.16 bits per heavy atom. The van der Waals surface area contributed by atoms with Gasteiger partial charge in [0.05, 0.1) is 17.8 Å². The summed E-state index contributed by atoms with van der Waals surface area (Å²) in [5, 5.41) is 7.63. The largest absolute Gasteiger partial charge is 0.402 e. The summed E-state index contributed by atoms with van der Waals surface area (Å²) in [5.41, 5.74) is 3.84. The van der Waals surface area contributed by atoms with E-state index in [1.165, 1.54) is 17.4 Å². The van der Waals surface area contributed by atoms with Gasteiger partial charge in [0, 0.05) is 17.1 Å². The van der Waals surface area contributed by atoms with Crippen LogP contribution in [0.15, 0.2) is 36.0 Å². The number of anilines is 1. The molecular formula is C23H27BFN4O2S. The molecule has 6 nitrogen and oxygen atoms in total. The number of halogens is 1. The first kappa shape index (κ1) is 23.7. The molecule has 0 aliphatic rings. The van der Waals surface area contributed by atoms with E-state index in [0.29, 0.717) is 22.8 Å². The predicted molar refractivity (Wildman–Crippen MR) is 128 cm³/mol. The Kier molecular flexibility index (Phi) is 8.22. The van der Waals surface area contributed by atoms with Gasteiger partial charge in [0.2, 0.25) is 13.3 Å². The minimum Gasteiger partial charge on any atom is -0.402 e. The molecule has 0 spiro atoms. The van der Waals surface area contributed by atoms with Gasteiger partial charge in [-0.3, -0.25) is 9.59 Å². The molecule has 2 heterocycles. The lowest BCUT2D eigenvalue weighted by Gasteiger charge is -2.14. The minimum atomic E-state index is -0.361. The second-order valence-electron chi connectivity index (χ2n) is 7.43. The van der Waals surface area contributed by atoms with Gasteiger partial charge >= 0.3 is 0 Å². The van der Waals surface area contributed by atoms with Crippen LogP contribution in [-0.4, -0.2) is 35.2 Å². The van der Waals surface area contributed by atoms with Crippen molar-refractivity contribution in [1.29, 1.82) is 0 Å². The number of hydrogen-bond acceptors (Lipinski definition) is 4. The number of carbonyl (C=O) groups excluding carboxylic acids is 2. The Hall–Kier alpha value is -2.94. The number of thiazole rings is 1. The van der Waals surface area contributed by atoms with Crippen molar-refractivity contribution in [2.45, 2.75) is 46.4 Å². The Balaban J connectivity index is 1.67. The van der Waals surface area contributed by atoms with Crippen molar-refractivity contribution < 1.29 is 14.0 Å². The topological polar surface area (TPSA) is 76.0 Å². The van der Waals surface area contributed by atoms with E-state index < -0.39 is 0 Å². The van der Waals surface area contributed by atoms with Crippen LogP contribution in [-0.2, 0) is 17.6 Å². The van der Waals surface area contributed by atoms with Crippen LogP contribution in [0, 0.1) is 5.82 Å². The zero-order chi connectivity index (χ0) is 23.1. The zero-order valence-electron chi connectivity index (χ0n) is 18.6. The first-order chi connectivity index (χ1) is 15.5. The highest BCUT2D eigenvalue weighted by atomic mass is 32.1. The van der Waals surface area contributed by atoms with Crippen LogP contribution in [0.4, 0.5) is 9.52 Å². The van der Waals surface area contributed by atoms with Crippen molar-refractivity contribution in [3.63, 3.8) is 0 Å². The molecule has 32 heavy (non-hydrogen) atoms. The molecule has 2 N–H and O–H groups in total. The molecule has 9 heteroatoms. The molecule has 0 bridgehead atoms. The third-order valence-corrected chi connectivity index (χ3v) is 5.84. The Bertz CT molecular complexity index is 1100. The Morgan fingerprint density at radius 3 is 2.59 bits per heavy atom. The number of nitrogens with zero attached hydrogens (tertiary/aromatic N) is 2. The maximum absolute atomic E-state index is 14.4. The fourth-order valence-corrected chi connectivity index (χ4v) is 4.28. The molecule has 1 aromatic carbocycles. The highest BCUT2D eigenvalue weighted by Crippen LogP contribution is 2.32. The fourth-order valence-electron chi connectivity index (χ4n) is 3.55. The number of aromatic nitrogens is 2. The van der Waals surface area contributed by atoms with E-state index in [1.807, 2.05) is 26.5 Å². The van der Waals surface area contributed by atoms with Crippen LogP contribution >= 0.6 is 11.3 Å². The third kappa shape index (κ3) is 5.65. The molecule has 2 amide bonds. The third-order valence-electron chi connectivity index (χ3n) is 5.08. The Morgan fingerprint density at radius 2 is 1.91 bits per heavy atom. The van der Waals surface area contributed by atoms with E-state index in [1.54, 1.807) is 29.0 Å². The van der Waals surface area contributed by atoms with E-state index in [2.05, 4.69) is 22.5 Å². The highest BCUT2D eigenvalue weighted by molar-refractivity contribution is 7.14. The maximum Gasteiger partial charge on any atom is 0.253 e. The smallest absolute Gasteiger partial charge is 0.253 e. The van der Waals surface area contributed by atoms with E-state index in [9.17, 15) is 14.0 Å². The van der Waals surface area contributed by atoms with Crippen molar-refractivity contribution in [3.8, 4) is 11.3 Å². The molecule has 167 valence electrons. The predicted octanol–water partition coefficient (Wildman–Crippen LogP) is 4.54. The number of benzene rings is 1. The summed E-state index contributed by atoms with van der Waals surface area (Å²) in [6.45, 7) is 5.81. The first-order valence-corrected chi connectivity index (χ1v) is 11.7. The van der Waals surface area contributed by atoms with E-state index in [0.717, 1.165) is 36.0 Å². The number of nitrogens with one attached hydrogen (secondary N) is 2. The molecular weight excluding hydrogens is 426 g/mol. The molecule has 2 aromatic heterocycles. The molecule has 0 unspecified atom stereocenters. The fraction of sp³-hybridized carbons (Fsp3) is 0.348. The number of amides is 2. The van der Waals surface area contributed by atoms with Gasteiger partial charge in [-0.2, -0.15) is 0 Å². The molecule has 0 aliphatic carbocycles. The van der Waals surface area contributed by atoms with Crippen molar-refractivity contribution >= 4 is 35.7 Å². The van der Waals surface area contributed by atoms with Crippen molar-refractivity contribution in [2.75, 3.05) is 11.9 Å². The molecule has 0 saturated carbocycles. The zero-order valence-corrected chi connectivity index (χ0v) is 19.4. The van der Waals surface area contributed by atoms with Crippen molar-refractivity contribution in [2.24, 2.45) is 0 Å². The van der Waals surface area contributed by atoms with Gasteiger partial charge in [0.1, 0.15) is 5.82 Å². The van der Waals surface area contributed by atoms with Crippen molar-refractivity contribution in [3.05, 3.63) is 58.5 Å². The van der Waals surface area contributed by atoms with Crippen LogP contribution < -0.4 is 10.6 Å². The van der Waals surface area contributed by atoms with Crippen LogP contribution in [0.3, 0.4) is 0 Å². The summed E-state index contributed by atoms with van der Waals surface area (Å²) in [5.74, 6) is -0.856. The number of hydrogen-bond donors (Lipinski definition) is 2. The van der Waals surface area contributed by atoms with Crippen molar-refractivity contribution in [1.82, 2.24) is 14.8 Å². The van der Waals surface area contributed by atoms with Crippen LogP contribution in [0.5, 0.6) is 0 Å². The lowest BCUT2D eigenvalue weighted by Crippen LogP contribution is -2.32. The molecule has 0 atom stereocenters. The highest BCUT2D eigenvalue weighted by Gasteiger charge is 2.17. The lowest BCUT2D eigenvalue weighted by molar-refractivity contribution is -0.115. The summed E-state index contributed by atoms with van der Waals surface area (Å²) in [6, 6.07) is 4.94.